The van der Waals surface area contributed by atoms with E-state index in [0.717, 1.165) is 27.8 Å². The van der Waals surface area contributed by atoms with E-state index in [0.29, 0.717) is 33.6 Å². The van der Waals surface area contributed by atoms with Gasteiger partial charge in [0.05, 0.1) is 5.69 Å². The number of nitrogens with zero attached hydrogens (tertiary/aromatic N) is 3. The number of aromatic amines is 1. The summed E-state index contributed by atoms with van der Waals surface area (Å²) < 4.78 is 4.18. The quantitative estimate of drug-likeness (QED) is 0.176. The van der Waals surface area contributed by atoms with Gasteiger partial charge >= 0.3 is 0 Å². The van der Waals surface area contributed by atoms with Gasteiger partial charge in [0.2, 0.25) is 0 Å². The van der Waals surface area contributed by atoms with Gasteiger partial charge in [-0.05, 0) is 60.9 Å². The standard InChI is InChI=1S/C24H20N8OS/c1-13-8-22(34-32-13)31-24(33)20-10-14-2-3-15(11-19(14)29-20)23-27-7-6-21(30-23)28-17-4-5-18(26)16(9-17)12-25/h2-12,25,29H,26H2,1H3,(H,31,33)(H,27,28,30). The van der Waals surface area contributed by atoms with Gasteiger partial charge in [-0.3, -0.25) is 4.79 Å². The highest BCUT2D eigenvalue weighted by atomic mass is 32.1. The minimum atomic E-state index is -0.225. The van der Waals surface area contributed by atoms with E-state index in [1.165, 1.54) is 17.7 Å². The average molecular weight is 469 g/mol. The molecule has 0 spiro atoms. The van der Waals surface area contributed by atoms with Crippen molar-refractivity contribution in [1.82, 2.24) is 19.3 Å². The molecule has 0 radical (unpaired) electrons. The largest absolute Gasteiger partial charge is 0.398 e. The average Bonchev–Trinajstić information content (AvgIpc) is 3.45. The normalized spacial score (nSPS) is 10.9. The summed E-state index contributed by atoms with van der Waals surface area (Å²) in [6.45, 7) is 1.88. The minimum Gasteiger partial charge on any atom is -0.398 e. The van der Waals surface area contributed by atoms with E-state index in [9.17, 15) is 4.79 Å². The van der Waals surface area contributed by atoms with Gasteiger partial charge in [0, 0.05) is 45.8 Å². The van der Waals surface area contributed by atoms with Crippen LogP contribution in [0.4, 0.5) is 22.2 Å². The molecule has 0 unspecified atom stereocenters. The monoisotopic (exact) mass is 468 g/mol. The van der Waals surface area contributed by atoms with Crippen molar-refractivity contribution < 1.29 is 4.79 Å². The highest BCUT2D eigenvalue weighted by molar-refractivity contribution is 7.10. The Morgan fingerprint density at radius 3 is 2.82 bits per heavy atom. The summed E-state index contributed by atoms with van der Waals surface area (Å²) >= 11 is 1.25. The van der Waals surface area contributed by atoms with Crippen molar-refractivity contribution in [3.05, 3.63) is 77.7 Å². The summed E-state index contributed by atoms with van der Waals surface area (Å²) in [5.74, 6) is 0.921. The molecule has 0 saturated carbocycles. The van der Waals surface area contributed by atoms with Gasteiger partial charge in [-0.1, -0.05) is 12.1 Å². The van der Waals surface area contributed by atoms with Gasteiger partial charge in [0.15, 0.2) is 5.82 Å². The van der Waals surface area contributed by atoms with Crippen molar-refractivity contribution in [2.75, 3.05) is 16.4 Å². The smallest absolute Gasteiger partial charge is 0.272 e. The number of hydrogen-bond acceptors (Lipinski definition) is 8. The van der Waals surface area contributed by atoms with E-state index in [1.54, 1.807) is 24.4 Å². The van der Waals surface area contributed by atoms with Crippen molar-refractivity contribution in [2.45, 2.75) is 6.92 Å². The molecule has 1 amide bonds. The number of amides is 1. The van der Waals surface area contributed by atoms with Crippen LogP contribution in [0.15, 0.2) is 60.8 Å². The highest BCUT2D eigenvalue weighted by Gasteiger charge is 2.13. The first-order chi connectivity index (χ1) is 16.5. The molecule has 0 saturated heterocycles. The number of aromatic nitrogens is 4. The summed E-state index contributed by atoms with van der Waals surface area (Å²) in [4.78, 5) is 24.8. The zero-order chi connectivity index (χ0) is 23.7. The minimum absolute atomic E-state index is 0.225. The predicted molar refractivity (Wildman–Crippen MR) is 136 cm³/mol. The first kappa shape index (κ1) is 21.3. The third-order valence-corrected chi connectivity index (χ3v) is 5.96. The Kier molecular flexibility index (Phi) is 5.48. The molecular weight excluding hydrogens is 448 g/mol. The number of benzene rings is 2. The number of nitrogens with one attached hydrogen (secondary N) is 4. The highest BCUT2D eigenvalue weighted by Crippen LogP contribution is 2.25. The van der Waals surface area contributed by atoms with E-state index in [4.69, 9.17) is 11.1 Å². The van der Waals surface area contributed by atoms with Crippen molar-refractivity contribution in [3.8, 4) is 11.4 Å². The Balaban J connectivity index is 1.39. The molecule has 2 aromatic carbocycles. The van der Waals surface area contributed by atoms with Crippen LogP contribution in [0, 0.1) is 12.3 Å². The number of nitrogens with two attached hydrogens (primary N) is 1. The predicted octanol–water partition coefficient (Wildman–Crippen LogP) is 4.97. The maximum atomic E-state index is 12.6. The molecule has 0 aliphatic heterocycles. The number of H-pyrrole nitrogens is 1. The molecular formula is C24H20N8OS. The zero-order valence-electron chi connectivity index (χ0n) is 18.1. The van der Waals surface area contributed by atoms with Crippen LogP contribution in [0.3, 0.4) is 0 Å². The third kappa shape index (κ3) is 4.34. The first-order valence-corrected chi connectivity index (χ1v) is 11.1. The zero-order valence-corrected chi connectivity index (χ0v) is 18.9. The summed E-state index contributed by atoms with van der Waals surface area (Å²) in [5.41, 5.74) is 10.7. The lowest BCUT2D eigenvalue weighted by molar-refractivity contribution is 0.102. The van der Waals surface area contributed by atoms with Crippen molar-refractivity contribution >= 4 is 56.8 Å². The van der Waals surface area contributed by atoms with Gasteiger partial charge in [0.25, 0.3) is 5.91 Å². The molecule has 5 aromatic rings. The summed E-state index contributed by atoms with van der Waals surface area (Å²) in [7, 11) is 0. The summed E-state index contributed by atoms with van der Waals surface area (Å²) in [6.07, 6.45) is 2.89. The molecule has 0 aliphatic rings. The fourth-order valence-electron chi connectivity index (χ4n) is 3.48. The van der Waals surface area contributed by atoms with Crippen LogP contribution in [-0.4, -0.2) is 31.4 Å². The van der Waals surface area contributed by atoms with Crippen LogP contribution in [0.2, 0.25) is 0 Å². The number of nitrogen functional groups attached to an aromatic ring is 1. The Labute approximate surface area is 198 Å². The summed E-state index contributed by atoms with van der Waals surface area (Å²) in [5, 5.41) is 15.2. The fraction of sp³-hybridized carbons (Fsp3) is 0.0417. The van der Waals surface area contributed by atoms with Gasteiger partial charge in [0.1, 0.15) is 16.5 Å². The summed E-state index contributed by atoms with van der Waals surface area (Å²) in [6, 6.07) is 16.5. The fourth-order valence-corrected chi connectivity index (χ4v) is 4.14. The number of rotatable bonds is 6. The number of fused-ring (bicyclic) bond motifs is 1. The van der Waals surface area contributed by atoms with Crippen LogP contribution in [0.1, 0.15) is 21.7 Å². The first-order valence-electron chi connectivity index (χ1n) is 10.4. The van der Waals surface area contributed by atoms with E-state index < -0.39 is 0 Å². The van der Waals surface area contributed by atoms with Crippen LogP contribution in [-0.2, 0) is 0 Å². The van der Waals surface area contributed by atoms with Crippen LogP contribution < -0.4 is 16.4 Å². The van der Waals surface area contributed by atoms with Crippen molar-refractivity contribution in [2.24, 2.45) is 0 Å². The van der Waals surface area contributed by atoms with Gasteiger partial charge in [-0.2, -0.15) is 4.37 Å². The maximum absolute atomic E-state index is 12.6. The molecule has 168 valence electrons. The molecule has 0 aliphatic carbocycles. The molecule has 5 rings (SSSR count). The second kappa shape index (κ2) is 8.75. The lowest BCUT2D eigenvalue weighted by Crippen LogP contribution is -2.11. The number of carbonyl (C=O) groups is 1. The van der Waals surface area contributed by atoms with Gasteiger partial charge < -0.3 is 26.8 Å². The lowest BCUT2D eigenvalue weighted by atomic mass is 10.1. The van der Waals surface area contributed by atoms with E-state index in [2.05, 4.69) is 30.0 Å². The molecule has 10 heteroatoms. The lowest BCUT2D eigenvalue weighted by Gasteiger charge is -2.09. The number of carbonyl (C=O) groups excluding carboxylic acids is 1. The Morgan fingerprint density at radius 2 is 2.03 bits per heavy atom. The molecule has 0 bridgehead atoms. The Bertz CT molecular complexity index is 1540. The number of aryl methyl sites for hydroxylation is 1. The molecule has 0 atom stereocenters. The van der Waals surface area contributed by atoms with Gasteiger partial charge in [-0.25, -0.2) is 9.97 Å². The SMILES string of the molecule is Cc1cc(NC(=O)c2cc3ccc(-c4nccc(Nc5ccc(N)c(C=N)c5)n4)cc3[nH]2)sn1. The van der Waals surface area contributed by atoms with Crippen molar-refractivity contribution in [3.63, 3.8) is 0 Å². The van der Waals surface area contributed by atoms with Crippen LogP contribution in [0.25, 0.3) is 22.3 Å². The number of anilines is 4. The van der Waals surface area contributed by atoms with Crippen LogP contribution >= 0.6 is 11.5 Å². The second-order valence-electron chi connectivity index (χ2n) is 7.65. The molecule has 34 heavy (non-hydrogen) atoms. The maximum Gasteiger partial charge on any atom is 0.272 e. The molecule has 9 nitrogen and oxygen atoms in total. The number of hydrogen-bond donors (Lipinski definition) is 5. The molecule has 0 fully saturated rings. The second-order valence-corrected chi connectivity index (χ2v) is 8.46. The third-order valence-electron chi connectivity index (χ3n) is 5.16. The molecule has 3 heterocycles. The van der Waals surface area contributed by atoms with Crippen LogP contribution in [0.5, 0.6) is 0 Å². The topological polar surface area (TPSA) is 145 Å². The Hall–Kier alpha value is -4.57. The van der Waals surface area contributed by atoms with E-state index in [1.807, 2.05) is 43.3 Å². The molecule has 6 N–H and O–H groups in total. The van der Waals surface area contributed by atoms with Crippen molar-refractivity contribution in [1.29, 1.82) is 5.41 Å². The van der Waals surface area contributed by atoms with E-state index >= 15 is 0 Å². The van der Waals surface area contributed by atoms with Gasteiger partial charge in [-0.15, -0.1) is 0 Å². The Morgan fingerprint density at radius 1 is 1.15 bits per heavy atom. The molecule has 3 aromatic heterocycles. The van der Waals surface area contributed by atoms with E-state index in [-0.39, 0.29) is 5.91 Å².